The summed E-state index contributed by atoms with van der Waals surface area (Å²) in [6, 6.07) is 9.30. The Hall–Kier alpha value is -1.74. The van der Waals surface area contributed by atoms with Crippen molar-refractivity contribution in [1.29, 1.82) is 0 Å². The van der Waals surface area contributed by atoms with Crippen molar-refractivity contribution in [2.75, 3.05) is 0 Å². The number of ketones is 2. The molecule has 21 heavy (non-hydrogen) atoms. The number of benzene rings is 1. The van der Waals surface area contributed by atoms with Crippen LogP contribution in [0.2, 0.25) is 0 Å². The lowest BCUT2D eigenvalue weighted by molar-refractivity contribution is -0.146. The summed E-state index contributed by atoms with van der Waals surface area (Å²) in [5.41, 5.74) is -2.34. The van der Waals surface area contributed by atoms with Gasteiger partial charge >= 0.3 is 0 Å². The normalized spacial score (nSPS) is 22.3. The van der Waals surface area contributed by atoms with Gasteiger partial charge < -0.3 is 5.11 Å². The first-order valence-corrected chi connectivity index (χ1v) is 7.10. The van der Waals surface area contributed by atoms with E-state index in [1.165, 1.54) is 0 Å². The minimum atomic E-state index is -1.97. The molecule has 1 aliphatic rings. The first kappa shape index (κ1) is 15.6. The van der Waals surface area contributed by atoms with Gasteiger partial charge in [-0.15, -0.1) is 0 Å². The molecule has 3 heteroatoms. The summed E-state index contributed by atoms with van der Waals surface area (Å²) in [6.45, 7) is 10.8. The van der Waals surface area contributed by atoms with E-state index in [0.717, 1.165) is 5.56 Å². The quantitative estimate of drug-likeness (QED) is 0.869. The fourth-order valence-corrected chi connectivity index (χ4v) is 2.95. The SMILES string of the molecule is C=C(CC1(O)C(=O)C(C)(C)C(C)(C)C1=O)c1ccccc1. The van der Waals surface area contributed by atoms with Crippen molar-refractivity contribution in [3.05, 3.63) is 42.5 Å². The van der Waals surface area contributed by atoms with Crippen LogP contribution in [0.1, 0.15) is 39.7 Å². The fourth-order valence-electron chi connectivity index (χ4n) is 2.95. The van der Waals surface area contributed by atoms with Crippen LogP contribution in [0.3, 0.4) is 0 Å². The number of hydrogen-bond acceptors (Lipinski definition) is 3. The van der Waals surface area contributed by atoms with Gasteiger partial charge in [-0.05, 0) is 11.1 Å². The molecule has 112 valence electrons. The monoisotopic (exact) mass is 286 g/mol. The van der Waals surface area contributed by atoms with E-state index < -0.39 is 28.0 Å². The highest BCUT2D eigenvalue weighted by Crippen LogP contribution is 2.53. The van der Waals surface area contributed by atoms with Gasteiger partial charge in [-0.2, -0.15) is 0 Å². The Kier molecular flexibility index (Phi) is 3.45. The van der Waals surface area contributed by atoms with Crippen LogP contribution in [-0.2, 0) is 9.59 Å². The molecule has 3 nitrogen and oxygen atoms in total. The van der Waals surface area contributed by atoms with E-state index in [1.807, 2.05) is 30.3 Å². The summed E-state index contributed by atoms with van der Waals surface area (Å²) in [5, 5.41) is 10.8. The molecule has 0 aliphatic heterocycles. The second kappa shape index (κ2) is 4.63. The third kappa shape index (κ3) is 2.07. The van der Waals surface area contributed by atoms with Crippen molar-refractivity contribution in [2.24, 2.45) is 10.8 Å². The fraction of sp³-hybridized carbons (Fsp3) is 0.444. The first-order valence-electron chi connectivity index (χ1n) is 7.10. The molecule has 2 rings (SSSR count). The van der Waals surface area contributed by atoms with Gasteiger partial charge in [0.2, 0.25) is 0 Å². The molecular weight excluding hydrogens is 264 g/mol. The minimum absolute atomic E-state index is 0.0540. The maximum Gasteiger partial charge on any atom is 0.186 e. The Morgan fingerprint density at radius 1 is 1.00 bits per heavy atom. The molecule has 1 aromatic carbocycles. The van der Waals surface area contributed by atoms with Crippen LogP contribution in [-0.4, -0.2) is 22.3 Å². The summed E-state index contributed by atoms with van der Waals surface area (Å²) in [5.74, 6) is -0.829. The lowest BCUT2D eigenvalue weighted by Gasteiger charge is -2.30. The standard InChI is InChI=1S/C18H22O3/c1-12(13-9-7-6-8-10-13)11-18(21)14(19)16(2,3)17(4,5)15(18)20/h6-10,21H,1,11H2,2-5H3. The number of carbonyl (C=O) groups is 2. The van der Waals surface area contributed by atoms with E-state index in [0.29, 0.717) is 5.57 Å². The van der Waals surface area contributed by atoms with Crippen molar-refractivity contribution < 1.29 is 14.7 Å². The molecule has 1 saturated carbocycles. The molecule has 0 heterocycles. The highest BCUT2D eigenvalue weighted by atomic mass is 16.3. The van der Waals surface area contributed by atoms with Gasteiger partial charge in [-0.1, -0.05) is 64.6 Å². The zero-order chi connectivity index (χ0) is 16.1. The molecule has 0 aromatic heterocycles. The molecule has 1 N–H and O–H groups in total. The Bertz CT molecular complexity index is 583. The Labute approximate surface area is 125 Å². The summed E-state index contributed by atoms with van der Waals surface area (Å²) in [6.07, 6.45) is -0.0540. The third-order valence-electron chi connectivity index (χ3n) is 5.10. The van der Waals surface area contributed by atoms with Crippen LogP contribution in [0.25, 0.3) is 5.57 Å². The van der Waals surface area contributed by atoms with Crippen LogP contribution in [0.5, 0.6) is 0 Å². The van der Waals surface area contributed by atoms with Crippen molar-refractivity contribution >= 4 is 17.1 Å². The molecular formula is C18H22O3. The zero-order valence-electron chi connectivity index (χ0n) is 13.1. The van der Waals surface area contributed by atoms with E-state index in [1.54, 1.807) is 27.7 Å². The Morgan fingerprint density at radius 3 is 1.86 bits per heavy atom. The number of rotatable bonds is 3. The molecule has 0 spiro atoms. The van der Waals surface area contributed by atoms with Gasteiger partial charge in [0.1, 0.15) is 0 Å². The number of hydrogen-bond donors (Lipinski definition) is 1. The molecule has 0 bridgehead atoms. The van der Waals surface area contributed by atoms with Crippen molar-refractivity contribution in [2.45, 2.75) is 39.7 Å². The van der Waals surface area contributed by atoms with Crippen LogP contribution in [0.15, 0.2) is 36.9 Å². The summed E-state index contributed by atoms with van der Waals surface area (Å²) < 4.78 is 0. The lowest BCUT2D eigenvalue weighted by Crippen LogP contribution is -2.43. The zero-order valence-corrected chi connectivity index (χ0v) is 13.1. The van der Waals surface area contributed by atoms with Gasteiger partial charge in [0, 0.05) is 17.3 Å². The largest absolute Gasteiger partial charge is 0.374 e. The van der Waals surface area contributed by atoms with Crippen LogP contribution < -0.4 is 0 Å². The highest BCUT2D eigenvalue weighted by Gasteiger charge is 2.67. The van der Waals surface area contributed by atoms with E-state index in [4.69, 9.17) is 0 Å². The first-order chi connectivity index (χ1) is 9.55. The number of aliphatic hydroxyl groups is 1. The molecule has 1 fully saturated rings. The van der Waals surface area contributed by atoms with Gasteiger partial charge in [0.25, 0.3) is 0 Å². The summed E-state index contributed by atoms with van der Waals surface area (Å²) in [4.78, 5) is 25.3. The van der Waals surface area contributed by atoms with E-state index in [-0.39, 0.29) is 6.42 Å². The van der Waals surface area contributed by atoms with E-state index >= 15 is 0 Å². The smallest absolute Gasteiger partial charge is 0.186 e. The van der Waals surface area contributed by atoms with Crippen LogP contribution in [0, 0.1) is 10.8 Å². The Balaban J connectivity index is 2.38. The second-order valence-corrected chi connectivity index (χ2v) is 6.91. The molecule has 1 aromatic rings. The highest BCUT2D eigenvalue weighted by molar-refractivity contribution is 6.22. The Morgan fingerprint density at radius 2 is 1.43 bits per heavy atom. The lowest BCUT2D eigenvalue weighted by atomic mass is 9.70. The molecule has 0 radical (unpaired) electrons. The number of Topliss-reactive ketones (excluding diaryl/α,β-unsaturated/α-hetero) is 2. The number of carbonyl (C=O) groups excluding carboxylic acids is 2. The van der Waals surface area contributed by atoms with Crippen LogP contribution in [0.4, 0.5) is 0 Å². The van der Waals surface area contributed by atoms with Crippen molar-refractivity contribution in [1.82, 2.24) is 0 Å². The summed E-state index contributed by atoms with van der Waals surface area (Å²) in [7, 11) is 0. The second-order valence-electron chi connectivity index (χ2n) is 6.91. The molecule has 0 unspecified atom stereocenters. The molecule has 0 amide bonds. The summed E-state index contributed by atoms with van der Waals surface area (Å²) >= 11 is 0. The van der Waals surface area contributed by atoms with Gasteiger partial charge in [-0.25, -0.2) is 0 Å². The predicted molar refractivity (Wildman–Crippen MR) is 82.6 cm³/mol. The van der Waals surface area contributed by atoms with Gasteiger partial charge in [-0.3, -0.25) is 9.59 Å². The molecule has 0 saturated heterocycles. The van der Waals surface area contributed by atoms with E-state index in [9.17, 15) is 14.7 Å². The molecule has 1 aliphatic carbocycles. The maximum absolute atomic E-state index is 12.6. The van der Waals surface area contributed by atoms with Gasteiger partial charge in [0.05, 0.1) is 0 Å². The van der Waals surface area contributed by atoms with Gasteiger partial charge in [0.15, 0.2) is 17.2 Å². The topological polar surface area (TPSA) is 54.4 Å². The van der Waals surface area contributed by atoms with Crippen molar-refractivity contribution in [3.63, 3.8) is 0 Å². The predicted octanol–water partition coefficient (Wildman–Crippen LogP) is 3.03. The minimum Gasteiger partial charge on any atom is -0.374 e. The van der Waals surface area contributed by atoms with Crippen LogP contribution >= 0.6 is 0 Å². The van der Waals surface area contributed by atoms with Crippen molar-refractivity contribution in [3.8, 4) is 0 Å². The molecule has 0 atom stereocenters. The average molecular weight is 286 g/mol. The average Bonchev–Trinajstić information content (AvgIpc) is 2.52. The third-order valence-corrected chi connectivity index (χ3v) is 5.10. The van der Waals surface area contributed by atoms with E-state index in [2.05, 4.69) is 6.58 Å². The maximum atomic E-state index is 12.6.